The van der Waals surface area contributed by atoms with Crippen molar-refractivity contribution in [2.24, 2.45) is 0 Å². The van der Waals surface area contributed by atoms with Crippen LogP contribution in [0.4, 0.5) is 0 Å². The van der Waals surface area contributed by atoms with Crippen LogP contribution in [-0.4, -0.2) is 5.97 Å². The Morgan fingerprint density at radius 3 is 2.13 bits per heavy atom. The average molecular weight is 316 g/mol. The number of carbonyl (C=O) groups excluding carboxylic acids is 1. The molecule has 0 bridgehead atoms. The number of esters is 1. The summed E-state index contributed by atoms with van der Waals surface area (Å²) in [6.45, 7) is 5.74. The normalized spacial score (nSPS) is 11.9. The third kappa shape index (κ3) is 9.22. The van der Waals surface area contributed by atoms with Crippen molar-refractivity contribution in [1.29, 1.82) is 0 Å². The lowest BCUT2D eigenvalue weighted by molar-refractivity contribution is -0.143. The van der Waals surface area contributed by atoms with Gasteiger partial charge in [-0.15, -0.1) is 0 Å². The van der Waals surface area contributed by atoms with E-state index in [0.717, 1.165) is 18.4 Å². The van der Waals surface area contributed by atoms with Gasteiger partial charge in [0.2, 0.25) is 0 Å². The molecule has 1 aromatic carbocycles. The lowest BCUT2D eigenvalue weighted by Crippen LogP contribution is -2.09. The molecular weight excluding hydrogens is 284 g/mol. The van der Waals surface area contributed by atoms with Crippen molar-refractivity contribution in [1.82, 2.24) is 0 Å². The highest BCUT2D eigenvalue weighted by Crippen LogP contribution is 2.24. The Bertz CT molecular complexity index is 425. The lowest BCUT2D eigenvalue weighted by Gasteiger charge is -2.17. The van der Waals surface area contributed by atoms with Gasteiger partial charge in [-0.1, -0.05) is 95.2 Å². The van der Waals surface area contributed by atoms with E-state index in [-0.39, 0.29) is 12.1 Å². The first-order valence-electron chi connectivity index (χ1n) is 9.16. The lowest BCUT2D eigenvalue weighted by atomic mass is 10.0. The predicted molar refractivity (Wildman–Crippen MR) is 97.3 cm³/mol. The summed E-state index contributed by atoms with van der Waals surface area (Å²) in [6.07, 6.45) is 13.7. The van der Waals surface area contributed by atoms with Gasteiger partial charge in [-0.2, -0.15) is 0 Å². The Hall–Kier alpha value is -1.57. The summed E-state index contributed by atoms with van der Waals surface area (Å²) >= 11 is 0. The first kappa shape index (κ1) is 19.5. The molecule has 128 valence electrons. The van der Waals surface area contributed by atoms with Crippen molar-refractivity contribution in [2.45, 2.75) is 77.2 Å². The molecule has 0 saturated heterocycles. The summed E-state index contributed by atoms with van der Waals surface area (Å²) in [5.74, 6) is -0.338. The minimum absolute atomic E-state index is 0.147. The van der Waals surface area contributed by atoms with Crippen LogP contribution >= 0.6 is 0 Å². The molecule has 0 aromatic heterocycles. The quantitative estimate of drug-likeness (QED) is 0.240. The van der Waals surface area contributed by atoms with Gasteiger partial charge in [-0.3, -0.25) is 0 Å². The molecule has 0 spiro atoms. The maximum atomic E-state index is 11.5. The van der Waals surface area contributed by atoms with E-state index in [1.165, 1.54) is 57.4 Å². The van der Waals surface area contributed by atoms with E-state index in [2.05, 4.69) is 13.5 Å². The van der Waals surface area contributed by atoms with E-state index < -0.39 is 0 Å². The van der Waals surface area contributed by atoms with E-state index in [1.807, 2.05) is 30.3 Å². The zero-order chi connectivity index (χ0) is 16.8. The molecule has 0 heterocycles. The minimum atomic E-state index is -0.338. The van der Waals surface area contributed by atoms with Crippen molar-refractivity contribution < 1.29 is 9.53 Å². The fraction of sp³-hybridized carbons (Fsp3) is 0.571. The Morgan fingerprint density at radius 1 is 1.00 bits per heavy atom. The second kappa shape index (κ2) is 12.9. The fourth-order valence-electron chi connectivity index (χ4n) is 2.79. The molecule has 0 aliphatic carbocycles. The Balaban J connectivity index is 2.24. The number of hydrogen-bond acceptors (Lipinski definition) is 2. The predicted octanol–water partition coefficient (Wildman–Crippen LogP) is 6.38. The van der Waals surface area contributed by atoms with Gasteiger partial charge in [-0.25, -0.2) is 4.79 Å². The van der Waals surface area contributed by atoms with Crippen LogP contribution in [0.15, 0.2) is 43.0 Å². The second-order valence-electron chi connectivity index (χ2n) is 6.16. The van der Waals surface area contributed by atoms with Crippen LogP contribution in [0.3, 0.4) is 0 Å². The molecule has 0 fully saturated rings. The van der Waals surface area contributed by atoms with E-state index >= 15 is 0 Å². The molecule has 23 heavy (non-hydrogen) atoms. The highest BCUT2D eigenvalue weighted by atomic mass is 16.5. The zero-order valence-electron chi connectivity index (χ0n) is 14.6. The van der Waals surface area contributed by atoms with Crippen LogP contribution in [0.25, 0.3) is 0 Å². The molecule has 0 amide bonds. The van der Waals surface area contributed by atoms with Gasteiger partial charge in [0, 0.05) is 6.08 Å². The van der Waals surface area contributed by atoms with Crippen molar-refractivity contribution in [3.63, 3.8) is 0 Å². The molecule has 0 aliphatic heterocycles. The van der Waals surface area contributed by atoms with Gasteiger partial charge in [0.25, 0.3) is 0 Å². The topological polar surface area (TPSA) is 26.3 Å². The molecule has 2 nitrogen and oxygen atoms in total. The largest absolute Gasteiger partial charge is 0.454 e. The van der Waals surface area contributed by atoms with E-state index in [9.17, 15) is 4.79 Å². The van der Waals surface area contributed by atoms with Crippen LogP contribution in [-0.2, 0) is 9.53 Å². The second-order valence-corrected chi connectivity index (χ2v) is 6.16. The van der Waals surface area contributed by atoms with Gasteiger partial charge in [-0.05, 0) is 18.4 Å². The first-order valence-corrected chi connectivity index (χ1v) is 9.16. The van der Waals surface area contributed by atoms with Crippen molar-refractivity contribution in [2.75, 3.05) is 0 Å². The average Bonchev–Trinajstić information content (AvgIpc) is 2.59. The van der Waals surface area contributed by atoms with Crippen molar-refractivity contribution in [3.8, 4) is 0 Å². The number of hydrogen-bond donors (Lipinski definition) is 0. The minimum Gasteiger partial charge on any atom is -0.454 e. The van der Waals surface area contributed by atoms with E-state index in [0.29, 0.717) is 0 Å². The van der Waals surface area contributed by atoms with Gasteiger partial charge >= 0.3 is 5.97 Å². The SMILES string of the molecule is C=CC(=O)OC(CCCCCCCCCCC)c1ccccc1. The van der Waals surface area contributed by atoms with Crippen molar-refractivity contribution in [3.05, 3.63) is 48.6 Å². The van der Waals surface area contributed by atoms with Gasteiger partial charge in [0.05, 0.1) is 0 Å². The molecule has 1 rings (SSSR count). The Morgan fingerprint density at radius 2 is 1.57 bits per heavy atom. The molecule has 2 heteroatoms. The smallest absolute Gasteiger partial charge is 0.330 e. The van der Waals surface area contributed by atoms with Crippen LogP contribution in [0, 0.1) is 0 Å². The number of rotatable bonds is 13. The maximum Gasteiger partial charge on any atom is 0.330 e. The summed E-state index contributed by atoms with van der Waals surface area (Å²) < 4.78 is 5.50. The van der Waals surface area contributed by atoms with Crippen molar-refractivity contribution >= 4 is 5.97 Å². The fourth-order valence-corrected chi connectivity index (χ4v) is 2.79. The third-order valence-electron chi connectivity index (χ3n) is 4.17. The third-order valence-corrected chi connectivity index (χ3v) is 4.17. The number of ether oxygens (including phenoxy) is 1. The molecule has 0 aliphatic rings. The van der Waals surface area contributed by atoms with Gasteiger partial charge in [0.1, 0.15) is 6.10 Å². The first-order chi connectivity index (χ1) is 11.3. The van der Waals surface area contributed by atoms with Crippen LogP contribution < -0.4 is 0 Å². The number of carbonyl (C=O) groups is 1. The van der Waals surface area contributed by atoms with E-state index in [4.69, 9.17) is 4.74 Å². The zero-order valence-corrected chi connectivity index (χ0v) is 14.6. The molecule has 1 unspecified atom stereocenters. The molecule has 0 N–H and O–H groups in total. The maximum absolute atomic E-state index is 11.5. The summed E-state index contributed by atoms with van der Waals surface area (Å²) in [5, 5.41) is 0. The summed E-state index contributed by atoms with van der Waals surface area (Å²) in [7, 11) is 0. The Kier molecular flexibility index (Phi) is 10.9. The Labute approximate surface area is 141 Å². The molecule has 0 radical (unpaired) electrons. The number of benzene rings is 1. The molecule has 0 saturated carbocycles. The summed E-state index contributed by atoms with van der Waals surface area (Å²) in [6, 6.07) is 10.00. The molecular formula is C21H32O2. The molecule has 1 aromatic rings. The summed E-state index contributed by atoms with van der Waals surface area (Å²) in [5.41, 5.74) is 1.07. The van der Waals surface area contributed by atoms with E-state index in [1.54, 1.807) is 0 Å². The van der Waals surface area contributed by atoms with Crippen LogP contribution in [0.1, 0.15) is 82.8 Å². The highest BCUT2D eigenvalue weighted by molar-refractivity contribution is 5.81. The van der Waals surface area contributed by atoms with Gasteiger partial charge in [0.15, 0.2) is 0 Å². The van der Waals surface area contributed by atoms with Crippen LogP contribution in [0.5, 0.6) is 0 Å². The van der Waals surface area contributed by atoms with Gasteiger partial charge < -0.3 is 4.74 Å². The standard InChI is InChI=1S/C21H32O2/c1-3-5-6-7-8-9-10-11-15-18-20(23-21(22)4-2)19-16-13-12-14-17-19/h4,12-14,16-17,20H,2-3,5-11,15,18H2,1H3. The number of unbranched alkanes of at least 4 members (excludes halogenated alkanes) is 8. The monoisotopic (exact) mass is 316 g/mol. The highest BCUT2D eigenvalue weighted by Gasteiger charge is 2.14. The summed E-state index contributed by atoms with van der Waals surface area (Å²) in [4.78, 5) is 11.5. The van der Waals surface area contributed by atoms with Crippen LogP contribution in [0.2, 0.25) is 0 Å². The molecule has 1 atom stereocenters.